The Kier molecular flexibility index (Phi) is 6.01. The molecule has 7 heteroatoms. The van der Waals surface area contributed by atoms with Crippen molar-refractivity contribution in [3.63, 3.8) is 0 Å². The van der Waals surface area contributed by atoms with Crippen molar-refractivity contribution < 1.29 is 4.79 Å². The van der Waals surface area contributed by atoms with Crippen LogP contribution in [0.3, 0.4) is 0 Å². The van der Waals surface area contributed by atoms with Crippen LogP contribution >= 0.6 is 23.1 Å². The van der Waals surface area contributed by atoms with Gasteiger partial charge in [0, 0.05) is 11.4 Å². The molecule has 2 N–H and O–H groups in total. The van der Waals surface area contributed by atoms with Crippen LogP contribution in [0.15, 0.2) is 22.7 Å². The molecular formula is C14H18N4OS2. The van der Waals surface area contributed by atoms with E-state index in [1.165, 1.54) is 11.8 Å². The van der Waals surface area contributed by atoms with E-state index in [1.54, 1.807) is 11.3 Å². The van der Waals surface area contributed by atoms with Crippen LogP contribution in [0.25, 0.3) is 12.2 Å². The zero-order valence-electron chi connectivity index (χ0n) is 12.0. The van der Waals surface area contributed by atoms with Crippen LogP contribution in [-0.2, 0) is 4.79 Å². The fraction of sp³-hybridized carbons (Fsp3) is 0.357. The number of carbonyl (C=O) groups is 1. The lowest BCUT2D eigenvalue weighted by Gasteiger charge is -2.08. The lowest BCUT2D eigenvalue weighted by Crippen LogP contribution is -2.31. The molecule has 2 aromatic rings. The largest absolute Gasteiger partial charge is 0.355 e. The monoisotopic (exact) mass is 322 g/mol. The van der Waals surface area contributed by atoms with E-state index in [0.29, 0.717) is 17.5 Å². The molecule has 1 amide bonds. The van der Waals surface area contributed by atoms with Gasteiger partial charge in [0.15, 0.2) is 0 Å². The number of amides is 1. The third-order valence-corrected chi connectivity index (χ3v) is 4.43. The second-order valence-corrected chi connectivity index (χ2v) is 6.69. The summed E-state index contributed by atoms with van der Waals surface area (Å²) in [5.74, 6) is 0.703. The number of thioether (sulfide) groups is 1. The first kappa shape index (κ1) is 15.8. The van der Waals surface area contributed by atoms with Crippen LogP contribution in [0.1, 0.15) is 31.0 Å². The molecule has 0 fully saturated rings. The number of H-pyrrole nitrogens is 1. The van der Waals surface area contributed by atoms with Crippen molar-refractivity contribution in [1.82, 2.24) is 20.5 Å². The van der Waals surface area contributed by atoms with Crippen LogP contribution in [0, 0.1) is 0 Å². The minimum Gasteiger partial charge on any atom is -0.355 e. The smallest absolute Gasteiger partial charge is 0.233 e. The van der Waals surface area contributed by atoms with Crippen molar-refractivity contribution in [3.8, 4) is 0 Å². The summed E-state index contributed by atoms with van der Waals surface area (Å²) in [7, 11) is 0. The van der Waals surface area contributed by atoms with Gasteiger partial charge >= 0.3 is 0 Å². The van der Waals surface area contributed by atoms with E-state index in [9.17, 15) is 4.79 Å². The van der Waals surface area contributed by atoms with E-state index >= 15 is 0 Å². The molecular weight excluding hydrogens is 304 g/mol. The van der Waals surface area contributed by atoms with Gasteiger partial charge in [0.25, 0.3) is 0 Å². The Morgan fingerprint density at radius 1 is 1.57 bits per heavy atom. The molecule has 5 nitrogen and oxygen atoms in total. The molecule has 2 heterocycles. The van der Waals surface area contributed by atoms with Gasteiger partial charge in [0.2, 0.25) is 11.1 Å². The molecule has 0 aromatic carbocycles. The van der Waals surface area contributed by atoms with Crippen LogP contribution in [0.5, 0.6) is 0 Å². The zero-order chi connectivity index (χ0) is 15.1. The predicted octanol–water partition coefficient (Wildman–Crippen LogP) is 3.04. The molecule has 1 unspecified atom stereocenters. The van der Waals surface area contributed by atoms with Gasteiger partial charge in [-0.3, -0.25) is 9.89 Å². The summed E-state index contributed by atoms with van der Waals surface area (Å²) in [6.45, 7) is 4.58. The highest BCUT2D eigenvalue weighted by atomic mass is 32.2. The summed E-state index contributed by atoms with van der Waals surface area (Å²) in [6, 6.07) is 4.04. The maximum atomic E-state index is 11.8. The second kappa shape index (κ2) is 7.99. The summed E-state index contributed by atoms with van der Waals surface area (Å²) in [5.41, 5.74) is 0. The van der Waals surface area contributed by atoms with Gasteiger partial charge in [-0.05, 0) is 36.9 Å². The average molecular weight is 322 g/mol. The van der Waals surface area contributed by atoms with Crippen LogP contribution in [0.2, 0.25) is 0 Å². The van der Waals surface area contributed by atoms with Gasteiger partial charge < -0.3 is 5.32 Å². The Morgan fingerprint density at radius 2 is 2.43 bits per heavy atom. The molecule has 0 aliphatic rings. The minimum absolute atomic E-state index is 0.0160. The van der Waals surface area contributed by atoms with E-state index in [0.717, 1.165) is 11.3 Å². The molecule has 0 spiro atoms. The highest BCUT2D eigenvalue weighted by Gasteiger charge is 2.16. The number of rotatable bonds is 7. The SMILES string of the molecule is CCCNC(=O)C(C)Sc1n[nH]c(/C=C/c2cccs2)n1. The fourth-order valence-electron chi connectivity index (χ4n) is 1.54. The number of aromatic nitrogens is 3. The number of nitrogens with one attached hydrogen (secondary N) is 2. The molecule has 0 saturated heterocycles. The standard InChI is InChI=1S/C14H18N4OS2/c1-3-8-15-13(19)10(2)21-14-16-12(17-18-14)7-6-11-5-4-9-20-11/h4-7,9-10H,3,8H2,1-2H3,(H,15,19)(H,16,17,18)/b7-6+. The third kappa shape index (κ3) is 5.02. The van der Waals surface area contributed by atoms with E-state index < -0.39 is 0 Å². The van der Waals surface area contributed by atoms with Gasteiger partial charge in [-0.2, -0.15) is 0 Å². The van der Waals surface area contributed by atoms with Gasteiger partial charge in [-0.15, -0.1) is 16.4 Å². The van der Waals surface area contributed by atoms with Crippen molar-refractivity contribution in [2.24, 2.45) is 0 Å². The van der Waals surface area contributed by atoms with Crippen molar-refractivity contribution in [1.29, 1.82) is 0 Å². The topological polar surface area (TPSA) is 70.7 Å². The molecule has 0 bridgehead atoms. The molecule has 0 aliphatic carbocycles. The first-order valence-electron chi connectivity index (χ1n) is 6.77. The van der Waals surface area contributed by atoms with Crippen molar-refractivity contribution in [2.45, 2.75) is 30.7 Å². The predicted molar refractivity (Wildman–Crippen MR) is 88.2 cm³/mol. The third-order valence-electron chi connectivity index (χ3n) is 2.63. The Hall–Kier alpha value is -1.60. The first-order chi connectivity index (χ1) is 10.2. The fourth-order valence-corrected chi connectivity index (χ4v) is 2.91. The number of hydrogen-bond acceptors (Lipinski definition) is 5. The highest BCUT2D eigenvalue weighted by molar-refractivity contribution is 8.00. The molecule has 0 aliphatic heterocycles. The molecule has 21 heavy (non-hydrogen) atoms. The summed E-state index contributed by atoms with van der Waals surface area (Å²) >= 11 is 3.01. The lowest BCUT2D eigenvalue weighted by atomic mass is 10.4. The van der Waals surface area contributed by atoms with Gasteiger partial charge in [-0.1, -0.05) is 24.8 Å². The Labute approximate surface area is 132 Å². The summed E-state index contributed by atoms with van der Waals surface area (Å²) in [4.78, 5) is 17.3. The number of nitrogens with zero attached hydrogens (tertiary/aromatic N) is 2. The van der Waals surface area contributed by atoms with E-state index in [-0.39, 0.29) is 11.2 Å². The van der Waals surface area contributed by atoms with Crippen molar-refractivity contribution in [3.05, 3.63) is 28.2 Å². The Morgan fingerprint density at radius 3 is 3.14 bits per heavy atom. The summed E-state index contributed by atoms with van der Waals surface area (Å²) in [5, 5.41) is 12.2. The maximum absolute atomic E-state index is 11.8. The maximum Gasteiger partial charge on any atom is 0.233 e. The van der Waals surface area contributed by atoms with Gasteiger partial charge in [-0.25, -0.2) is 4.98 Å². The summed E-state index contributed by atoms with van der Waals surface area (Å²) in [6.07, 6.45) is 4.79. The number of aromatic amines is 1. The first-order valence-corrected chi connectivity index (χ1v) is 8.53. The summed E-state index contributed by atoms with van der Waals surface area (Å²) < 4.78 is 0. The van der Waals surface area contributed by atoms with Crippen molar-refractivity contribution >= 4 is 41.2 Å². The highest BCUT2D eigenvalue weighted by Crippen LogP contribution is 2.20. The lowest BCUT2D eigenvalue weighted by molar-refractivity contribution is -0.120. The number of thiophene rings is 1. The van der Waals surface area contributed by atoms with Crippen LogP contribution in [-0.4, -0.2) is 32.9 Å². The second-order valence-electron chi connectivity index (χ2n) is 4.40. The van der Waals surface area contributed by atoms with Gasteiger partial charge in [0.05, 0.1) is 5.25 Å². The number of hydrogen-bond donors (Lipinski definition) is 2. The molecule has 2 rings (SSSR count). The quantitative estimate of drug-likeness (QED) is 0.769. The van der Waals surface area contributed by atoms with Crippen molar-refractivity contribution in [2.75, 3.05) is 6.54 Å². The molecule has 1 atom stereocenters. The zero-order valence-corrected chi connectivity index (χ0v) is 13.6. The van der Waals surface area contributed by atoms with Crippen LogP contribution in [0.4, 0.5) is 0 Å². The molecule has 2 aromatic heterocycles. The average Bonchev–Trinajstić information content (AvgIpc) is 3.13. The Balaban J connectivity index is 1.89. The number of carbonyl (C=O) groups excluding carboxylic acids is 1. The molecule has 0 saturated carbocycles. The molecule has 0 radical (unpaired) electrons. The van der Waals surface area contributed by atoms with E-state index in [2.05, 4.69) is 20.5 Å². The van der Waals surface area contributed by atoms with E-state index in [4.69, 9.17) is 0 Å². The Bertz CT molecular complexity index is 592. The van der Waals surface area contributed by atoms with Crippen LogP contribution < -0.4 is 5.32 Å². The van der Waals surface area contributed by atoms with Gasteiger partial charge in [0.1, 0.15) is 5.82 Å². The van der Waals surface area contributed by atoms with E-state index in [1.807, 2.05) is 43.5 Å². The minimum atomic E-state index is -0.207. The molecule has 112 valence electrons. The normalized spacial score (nSPS) is 12.7.